The number of thiophene rings is 1. The van der Waals surface area contributed by atoms with E-state index in [1.165, 1.54) is 34.8 Å². The third-order valence-corrected chi connectivity index (χ3v) is 6.90. The Morgan fingerprint density at radius 1 is 1.12 bits per heavy atom. The van der Waals surface area contributed by atoms with Crippen LogP contribution in [0.3, 0.4) is 0 Å². The van der Waals surface area contributed by atoms with Crippen molar-refractivity contribution in [3.63, 3.8) is 0 Å². The number of benzene rings is 2. The Kier molecular flexibility index (Phi) is 4.83. The second-order valence-electron chi connectivity index (χ2n) is 6.96. The van der Waals surface area contributed by atoms with Crippen molar-refractivity contribution in [3.05, 3.63) is 69.2 Å². The first kappa shape index (κ1) is 20.1. The fourth-order valence-electron chi connectivity index (χ4n) is 3.28. The van der Waals surface area contributed by atoms with Gasteiger partial charge >= 0.3 is 0 Å². The Bertz CT molecular complexity index is 1520. The van der Waals surface area contributed by atoms with Gasteiger partial charge in [0.05, 0.1) is 32.8 Å². The molecule has 0 aliphatic rings. The highest BCUT2D eigenvalue weighted by Gasteiger charge is 2.18. The summed E-state index contributed by atoms with van der Waals surface area (Å²) in [6, 6.07) is 13.6. The number of rotatable bonds is 5. The van der Waals surface area contributed by atoms with E-state index in [9.17, 15) is 14.9 Å². The van der Waals surface area contributed by atoms with Crippen LogP contribution in [0.1, 0.15) is 15.4 Å². The summed E-state index contributed by atoms with van der Waals surface area (Å²) in [6.45, 7) is 1.83. The van der Waals surface area contributed by atoms with Gasteiger partial charge in [-0.25, -0.2) is 4.98 Å². The minimum atomic E-state index is -0.453. The number of nitrogens with one attached hydrogen (secondary N) is 1. The molecule has 0 aliphatic heterocycles. The molecule has 160 valence electrons. The highest BCUT2D eigenvalue weighted by atomic mass is 32.1. The topological polar surface area (TPSA) is 112 Å². The fraction of sp³-hybridized carbons (Fsp3) is 0.0952. The molecule has 32 heavy (non-hydrogen) atoms. The van der Waals surface area contributed by atoms with Crippen molar-refractivity contribution in [2.24, 2.45) is 0 Å². The largest absolute Gasteiger partial charge is 0.497 e. The van der Waals surface area contributed by atoms with E-state index >= 15 is 0 Å². The Labute approximate surface area is 189 Å². The molecule has 0 atom stereocenters. The Hall–Kier alpha value is -3.83. The average Bonchev–Trinajstić information content (AvgIpc) is 3.48. The summed E-state index contributed by atoms with van der Waals surface area (Å²) >= 11 is 2.72. The minimum absolute atomic E-state index is 0.0107. The van der Waals surface area contributed by atoms with E-state index in [4.69, 9.17) is 4.74 Å². The van der Waals surface area contributed by atoms with Gasteiger partial charge in [-0.05, 0) is 31.2 Å². The summed E-state index contributed by atoms with van der Waals surface area (Å²) in [5.41, 5.74) is 1.49. The van der Waals surface area contributed by atoms with Crippen molar-refractivity contribution >= 4 is 60.4 Å². The smallest absolute Gasteiger partial charge is 0.270 e. The predicted octanol–water partition coefficient (Wildman–Crippen LogP) is 5.17. The zero-order valence-electron chi connectivity index (χ0n) is 16.9. The molecule has 3 aromatic heterocycles. The monoisotopic (exact) mass is 465 g/mol. The van der Waals surface area contributed by atoms with E-state index in [1.807, 2.05) is 25.1 Å². The van der Waals surface area contributed by atoms with E-state index in [0.717, 1.165) is 20.6 Å². The first-order valence-corrected chi connectivity index (χ1v) is 11.1. The van der Waals surface area contributed by atoms with E-state index in [1.54, 1.807) is 30.0 Å². The number of non-ortho nitro benzene ring substituents is 1. The summed E-state index contributed by atoms with van der Waals surface area (Å²) in [4.78, 5) is 28.6. The van der Waals surface area contributed by atoms with Crippen molar-refractivity contribution < 1.29 is 14.5 Å². The molecule has 1 N–H and O–H groups in total. The number of nitrogens with zero attached hydrogens (tertiary/aromatic N) is 4. The van der Waals surface area contributed by atoms with E-state index < -0.39 is 4.92 Å². The third-order valence-electron chi connectivity index (χ3n) is 4.77. The summed E-state index contributed by atoms with van der Waals surface area (Å²) in [7, 11) is 1.60. The summed E-state index contributed by atoms with van der Waals surface area (Å²) < 4.78 is 8.63. The number of anilines is 1. The van der Waals surface area contributed by atoms with E-state index in [0.29, 0.717) is 27.0 Å². The Morgan fingerprint density at radius 3 is 2.72 bits per heavy atom. The highest BCUT2D eigenvalue weighted by Crippen LogP contribution is 2.31. The van der Waals surface area contributed by atoms with Crippen LogP contribution in [0.2, 0.25) is 0 Å². The summed E-state index contributed by atoms with van der Waals surface area (Å²) in [6.07, 6.45) is 0. The maximum absolute atomic E-state index is 12.9. The lowest BCUT2D eigenvalue weighted by molar-refractivity contribution is -0.384. The van der Waals surface area contributed by atoms with Gasteiger partial charge in [0.1, 0.15) is 11.6 Å². The van der Waals surface area contributed by atoms with Gasteiger partial charge in [-0.15, -0.1) is 11.3 Å². The standard InChI is InChI=1S/C21H15N5O4S2/c1-11-7-19(25(24-11)21-22-15-10-14(30-2)4-6-17(15)32-21)23-20(27)18-9-12-8-13(26(28)29)3-5-16(12)31-18/h3-10H,1-2H3,(H,23,27). The van der Waals surface area contributed by atoms with Crippen LogP contribution in [0.4, 0.5) is 11.5 Å². The van der Waals surface area contributed by atoms with Crippen LogP contribution in [0.15, 0.2) is 48.5 Å². The molecule has 0 bridgehead atoms. The SMILES string of the molecule is COc1ccc2sc(-n3nc(C)cc3NC(=O)c3cc4cc([N+](=O)[O-])ccc4s3)nc2c1. The first-order chi connectivity index (χ1) is 15.4. The van der Waals surface area contributed by atoms with Crippen molar-refractivity contribution in [2.45, 2.75) is 6.92 Å². The van der Waals surface area contributed by atoms with Crippen LogP contribution in [-0.4, -0.2) is 32.7 Å². The van der Waals surface area contributed by atoms with Crippen molar-refractivity contribution in [2.75, 3.05) is 12.4 Å². The molecule has 9 nitrogen and oxygen atoms in total. The number of thiazole rings is 1. The molecular formula is C21H15N5O4S2. The molecule has 0 saturated heterocycles. The molecule has 0 radical (unpaired) electrons. The van der Waals surface area contributed by atoms with Gasteiger partial charge in [0.25, 0.3) is 11.6 Å². The molecule has 0 aliphatic carbocycles. The lowest BCUT2D eigenvalue weighted by atomic mass is 10.2. The molecular weight excluding hydrogens is 450 g/mol. The third kappa shape index (κ3) is 3.57. The van der Waals surface area contributed by atoms with Crippen LogP contribution < -0.4 is 10.1 Å². The van der Waals surface area contributed by atoms with Gasteiger partial charge in [-0.3, -0.25) is 14.9 Å². The quantitative estimate of drug-likeness (QED) is 0.283. The number of methoxy groups -OCH3 is 1. The van der Waals surface area contributed by atoms with Crippen LogP contribution >= 0.6 is 22.7 Å². The van der Waals surface area contributed by atoms with E-state index in [-0.39, 0.29) is 11.6 Å². The summed E-state index contributed by atoms with van der Waals surface area (Å²) in [5.74, 6) is 0.879. The van der Waals surface area contributed by atoms with Crippen molar-refractivity contribution in [3.8, 4) is 10.9 Å². The molecule has 1 amide bonds. The van der Waals surface area contributed by atoms with Gasteiger partial charge in [0.15, 0.2) is 0 Å². The number of aryl methyl sites for hydroxylation is 1. The number of amides is 1. The normalized spacial score (nSPS) is 11.2. The van der Waals surface area contributed by atoms with E-state index in [2.05, 4.69) is 15.4 Å². The van der Waals surface area contributed by atoms with Gasteiger partial charge in [0.2, 0.25) is 5.13 Å². The number of hydrogen-bond acceptors (Lipinski definition) is 8. The maximum atomic E-state index is 12.9. The van der Waals surface area contributed by atoms with Gasteiger partial charge in [-0.1, -0.05) is 11.3 Å². The minimum Gasteiger partial charge on any atom is -0.497 e. The number of ether oxygens (including phenoxy) is 1. The van der Waals surface area contributed by atoms with Crippen LogP contribution in [-0.2, 0) is 0 Å². The second-order valence-corrected chi connectivity index (χ2v) is 9.05. The zero-order valence-corrected chi connectivity index (χ0v) is 18.5. The lowest BCUT2D eigenvalue weighted by Gasteiger charge is -2.05. The average molecular weight is 466 g/mol. The summed E-state index contributed by atoms with van der Waals surface area (Å²) in [5, 5.41) is 19.7. The second kappa shape index (κ2) is 7.70. The highest BCUT2D eigenvalue weighted by molar-refractivity contribution is 7.21. The molecule has 0 unspecified atom stereocenters. The number of fused-ring (bicyclic) bond motifs is 2. The molecule has 5 aromatic rings. The van der Waals surface area contributed by atoms with Gasteiger partial charge in [-0.2, -0.15) is 9.78 Å². The van der Waals surface area contributed by atoms with Gasteiger partial charge in [0, 0.05) is 34.4 Å². The number of nitro benzene ring substituents is 1. The van der Waals surface area contributed by atoms with Crippen molar-refractivity contribution in [1.82, 2.24) is 14.8 Å². The van der Waals surface area contributed by atoms with Crippen molar-refractivity contribution in [1.29, 1.82) is 0 Å². The van der Waals surface area contributed by atoms with Crippen LogP contribution in [0, 0.1) is 17.0 Å². The predicted molar refractivity (Wildman–Crippen MR) is 124 cm³/mol. The Morgan fingerprint density at radius 2 is 1.94 bits per heavy atom. The lowest BCUT2D eigenvalue weighted by Crippen LogP contribution is -2.13. The number of carbonyl (C=O) groups is 1. The number of nitro groups is 1. The maximum Gasteiger partial charge on any atom is 0.270 e. The Balaban J connectivity index is 1.47. The molecule has 0 fully saturated rings. The molecule has 5 rings (SSSR count). The number of aromatic nitrogens is 3. The molecule has 11 heteroatoms. The fourth-order valence-corrected chi connectivity index (χ4v) is 5.13. The van der Waals surface area contributed by atoms with Gasteiger partial charge < -0.3 is 10.1 Å². The zero-order chi connectivity index (χ0) is 22.4. The number of hydrogen-bond donors (Lipinski definition) is 1. The molecule has 3 heterocycles. The first-order valence-electron chi connectivity index (χ1n) is 9.42. The number of carbonyl (C=O) groups excluding carboxylic acids is 1. The van der Waals surface area contributed by atoms with Crippen LogP contribution in [0.5, 0.6) is 5.75 Å². The molecule has 0 spiro atoms. The molecule has 2 aromatic carbocycles. The van der Waals surface area contributed by atoms with Crippen LogP contribution in [0.25, 0.3) is 25.4 Å². The molecule has 0 saturated carbocycles.